The number of alkyl carbamates (subject to hydrolysis) is 1. The van der Waals surface area contributed by atoms with Crippen LogP contribution in [0.4, 0.5) is 4.79 Å². The van der Waals surface area contributed by atoms with Crippen LogP contribution in [-0.4, -0.2) is 64.4 Å². The van der Waals surface area contributed by atoms with Gasteiger partial charge in [-0.05, 0) is 58.2 Å². The second-order valence-corrected chi connectivity index (χ2v) is 8.69. The Morgan fingerprint density at radius 2 is 1.69 bits per heavy atom. The zero-order chi connectivity index (χ0) is 23.7. The molecule has 3 amide bonds. The third-order valence-electron chi connectivity index (χ3n) is 4.05. The highest BCUT2D eigenvalue weighted by Gasteiger charge is 2.21. The van der Waals surface area contributed by atoms with E-state index in [1.807, 2.05) is 13.2 Å². The van der Waals surface area contributed by atoms with Crippen LogP contribution in [0.2, 0.25) is 0 Å². The van der Waals surface area contributed by atoms with Gasteiger partial charge in [-0.1, -0.05) is 5.21 Å². The number of amides is 3. The molecule has 11 heteroatoms. The number of hydrogen-bond donors (Lipinski definition) is 3. The highest BCUT2D eigenvalue weighted by Crippen LogP contribution is 2.18. The van der Waals surface area contributed by atoms with Gasteiger partial charge in [-0.3, -0.25) is 9.59 Å². The minimum atomic E-state index is -0.587. The van der Waals surface area contributed by atoms with Gasteiger partial charge in [0.1, 0.15) is 5.60 Å². The minimum Gasteiger partial charge on any atom is -0.444 e. The average molecular weight is 463 g/mol. The molecule has 0 spiro atoms. The Morgan fingerprint density at radius 3 is 2.28 bits per heavy atom. The molecule has 0 saturated heterocycles. The zero-order valence-electron chi connectivity index (χ0n) is 19.0. The Morgan fingerprint density at radius 1 is 1.03 bits per heavy atom. The first-order valence-electron chi connectivity index (χ1n) is 10.2. The first-order valence-corrected chi connectivity index (χ1v) is 11.6. The third-order valence-corrected chi connectivity index (χ3v) is 4.61. The smallest absolute Gasteiger partial charge is 0.407 e. The fourth-order valence-electron chi connectivity index (χ4n) is 2.71. The second kappa shape index (κ2) is 11.5. The van der Waals surface area contributed by atoms with Crippen molar-refractivity contribution >= 4 is 29.7 Å². The van der Waals surface area contributed by atoms with Crippen molar-refractivity contribution < 1.29 is 19.1 Å². The molecule has 0 saturated carbocycles. The van der Waals surface area contributed by atoms with E-state index < -0.39 is 11.7 Å². The quantitative estimate of drug-likeness (QED) is 0.487. The van der Waals surface area contributed by atoms with Gasteiger partial charge < -0.3 is 20.7 Å². The van der Waals surface area contributed by atoms with Crippen LogP contribution >= 0.6 is 11.8 Å². The molecule has 1 aromatic heterocycles. The number of nitrogens with one attached hydrogen (secondary N) is 3. The molecule has 0 aliphatic carbocycles. The first-order chi connectivity index (χ1) is 15.2. The lowest BCUT2D eigenvalue weighted by Crippen LogP contribution is -2.38. The highest BCUT2D eigenvalue weighted by molar-refractivity contribution is 7.97. The van der Waals surface area contributed by atoms with E-state index in [1.165, 1.54) is 11.8 Å². The van der Waals surface area contributed by atoms with Crippen LogP contribution in [0, 0.1) is 0 Å². The number of aromatic nitrogens is 3. The molecule has 0 atom stereocenters. The zero-order valence-corrected chi connectivity index (χ0v) is 19.8. The van der Waals surface area contributed by atoms with E-state index >= 15 is 0 Å². The molecule has 32 heavy (non-hydrogen) atoms. The van der Waals surface area contributed by atoms with Gasteiger partial charge in [-0.15, -0.1) is 5.10 Å². The molecule has 0 unspecified atom stereocenters. The van der Waals surface area contributed by atoms with E-state index in [0.717, 1.165) is 0 Å². The topological polar surface area (TPSA) is 127 Å². The van der Waals surface area contributed by atoms with Crippen molar-refractivity contribution in [3.63, 3.8) is 0 Å². The van der Waals surface area contributed by atoms with Gasteiger partial charge >= 0.3 is 6.09 Å². The molecule has 3 N–H and O–H groups in total. The molecule has 0 fully saturated rings. The van der Waals surface area contributed by atoms with Gasteiger partial charge in [0.05, 0.1) is 11.4 Å². The maximum absolute atomic E-state index is 12.6. The predicted molar refractivity (Wildman–Crippen MR) is 123 cm³/mol. The van der Waals surface area contributed by atoms with Crippen LogP contribution in [0.15, 0.2) is 24.3 Å². The van der Waals surface area contributed by atoms with Crippen LogP contribution in [0.5, 0.6) is 0 Å². The van der Waals surface area contributed by atoms with Crippen molar-refractivity contribution in [1.29, 1.82) is 0 Å². The molecule has 1 heterocycles. The van der Waals surface area contributed by atoms with Crippen molar-refractivity contribution in [2.75, 3.05) is 25.9 Å². The summed E-state index contributed by atoms with van der Waals surface area (Å²) in [6, 6.07) is 6.92. The number of benzene rings is 1. The molecule has 0 radical (unpaired) electrons. The van der Waals surface area contributed by atoms with Crippen LogP contribution in [0.1, 0.15) is 54.2 Å². The fourth-order valence-corrected chi connectivity index (χ4v) is 3.24. The molecule has 0 aliphatic heterocycles. The normalized spacial score (nSPS) is 11.0. The SMILES string of the molecule is CCNC(=O)c1ccc(-n2nnc(C(=O)NCCNC(=O)OC(C)(C)C)c2CSC)cc1. The number of thioether (sulfide) groups is 1. The number of carbonyl (C=O) groups excluding carboxylic acids is 3. The Kier molecular flexibility index (Phi) is 9.06. The molecular weight excluding hydrogens is 432 g/mol. The van der Waals surface area contributed by atoms with E-state index in [4.69, 9.17) is 4.74 Å². The number of carbonyl (C=O) groups is 3. The summed E-state index contributed by atoms with van der Waals surface area (Å²) in [6.07, 6.45) is 1.37. The van der Waals surface area contributed by atoms with Gasteiger partial charge in [0.15, 0.2) is 5.69 Å². The number of ether oxygens (including phenoxy) is 1. The standard InChI is InChI=1S/C21H30N6O4S/c1-6-22-18(28)14-7-9-15(10-8-14)27-16(13-32-5)17(25-26-27)19(29)23-11-12-24-20(30)31-21(2,3)4/h7-10H,6,11-13H2,1-5H3,(H,22,28)(H,23,29)(H,24,30). The van der Waals surface area contributed by atoms with E-state index in [0.29, 0.717) is 29.2 Å². The summed E-state index contributed by atoms with van der Waals surface area (Å²) in [5.41, 5.74) is 1.50. The Labute approximate surface area is 191 Å². The molecule has 174 valence electrons. The van der Waals surface area contributed by atoms with Gasteiger partial charge in [-0.25, -0.2) is 9.48 Å². The molecule has 2 aromatic rings. The van der Waals surface area contributed by atoms with E-state index in [2.05, 4.69) is 26.3 Å². The highest BCUT2D eigenvalue weighted by atomic mass is 32.2. The molecule has 10 nitrogen and oxygen atoms in total. The molecule has 0 aliphatic rings. The number of hydrogen-bond acceptors (Lipinski definition) is 7. The second-order valence-electron chi connectivity index (χ2n) is 7.82. The van der Waals surface area contributed by atoms with Crippen LogP contribution in [-0.2, 0) is 10.5 Å². The van der Waals surface area contributed by atoms with Crippen LogP contribution < -0.4 is 16.0 Å². The summed E-state index contributed by atoms with van der Waals surface area (Å²) in [6.45, 7) is 8.16. The van der Waals surface area contributed by atoms with E-state index in [9.17, 15) is 14.4 Å². The number of nitrogens with zero attached hydrogens (tertiary/aromatic N) is 3. The lowest BCUT2D eigenvalue weighted by molar-refractivity contribution is 0.0526. The lowest BCUT2D eigenvalue weighted by Gasteiger charge is -2.19. The van der Waals surface area contributed by atoms with Crippen LogP contribution in [0.3, 0.4) is 0 Å². The molecule has 0 bridgehead atoms. The third kappa shape index (κ3) is 7.26. The van der Waals surface area contributed by atoms with Crippen molar-refractivity contribution in [2.45, 2.75) is 39.0 Å². The monoisotopic (exact) mass is 462 g/mol. The maximum Gasteiger partial charge on any atom is 0.407 e. The summed E-state index contributed by atoms with van der Waals surface area (Å²) in [5, 5.41) is 16.3. The van der Waals surface area contributed by atoms with E-state index in [1.54, 1.807) is 49.7 Å². The van der Waals surface area contributed by atoms with E-state index in [-0.39, 0.29) is 30.6 Å². The van der Waals surface area contributed by atoms with Crippen molar-refractivity contribution in [3.8, 4) is 5.69 Å². The van der Waals surface area contributed by atoms with Crippen LogP contribution in [0.25, 0.3) is 5.69 Å². The summed E-state index contributed by atoms with van der Waals surface area (Å²) in [5.74, 6) is -0.0171. The Bertz CT molecular complexity index is 937. The Hall–Kier alpha value is -3.08. The average Bonchev–Trinajstić information content (AvgIpc) is 3.14. The number of rotatable bonds is 9. The molecule has 1 aromatic carbocycles. The van der Waals surface area contributed by atoms with Gasteiger partial charge in [0.2, 0.25) is 0 Å². The summed E-state index contributed by atoms with van der Waals surface area (Å²) >= 11 is 1.53. The largest absolute Gasteiger partial charge is 0.444 e. The lowest BCUT2D eigenvalue weighted by atomic mass is 10.2. The minimum absolute atomic E-state index is 0.151. The van der Waals surface area contributed by atoms with Crippen molar-refractivity contribution in [1.82, 2.24) is 30.9 Å². The van der Waals surface area contributed by atoms with Gasteiger partial charge in [-0.2, -0.15) is 11.8 Å². The van der Waals surface area contributed by atoms with Gasteiger partial charge in [0.25, 0.3) is 11.8 Å². The summed E-state index contributed by atoms with van der Waals surface area (Å²) < 4.78 is 6.74. The predicted octanol–water partition coefficient (Wildman–Crippen LogP) is 2.13. The summed E-state index contributed by atoms with van der Waals surface area (Å²) in [7, 11) is 0. The fraction of sp³-hybridized carbons (Fsp3) is 0.476. The summed E-state index contributed by atoms with van der Waals surface area (Å²) in [4.78, 5) is 36.3. The van der Waals surface area contributed by atoms with Gasteiger partial charge in [0, 0.05) is 31.0 Å². The molecular formula is C21H30N6O4S. The maximum atomic E-state index is 12.6. The Balaban J connectivity index is 2.05. The molecule has 2 rings (SSSR count). The first kappa shape index (κ1) is 25.2. The van der Waals surface area contributed by atoms with Crippen molar-refractivity contribution in [2.24, 2.45) is 0 Å². The van der Waals surface area contributed by atoms with Crippen molar-refractivity contribution in [3.05, 3.63) is 41.2 Å².